The maximum Gasteiger partial charge on any atom is 0.271 e. The Labute approximate surface area is 148 Å². The van der Waals surface area contributed by atoms with Crippen LogP contribution in [-0.2, 0) is 9.59 Å². The van der Waals surface area contributed by atoms with Crippen molar-refractivity contribution in [1.29, 1.82) is 0 Å². The Kier molecular flexibility index (Phi) is 3.85. The van der Waals surface area contributed by atoms with Crippen LogP contribution < -0.4 is 16.1 Å². The molecule has 0 saturated heterocycles. The maximum atomic E-state index is 12.6. The van der Waals surface area contributed by atoms with Gasteiger partial charge in [-0.2, -0.15) is 10.2 Å². The molecule has 4 rings (SSSR count). The van der Waals surface area contributed by atoms with Gasteiger partial charge in [-0.3, -0.25) is 19.7 Å². The molecule has 1 atom stereocenters. The number of hydrazone groups is 1. The molecule has 1 aliphatic rings. The van der Waals surface area contributed by atoms with Gasteiger partial charge < -0.3 is 11.1 Å². The Morgan fingerprint density at radius 2 is 2.00 bits per heavy atom. The Hall–Kier alpha value is -3.68. The number of benzene rings is 2. The number of anilines is 2. The van der Waals surface area contributed by atoms with Crippen molar-refractivity contribution in [1.82, 2.24) is 10.2 Å². The van der Waals surface area contributed by atoms with Gasteiger partial charge in [0.1, 0.15) is 11.8 Å². The third kappa shape index (κ3) is 2.88. The fourth-order valence-corrected chi connectivity index (χ4v) is 2.91. The molecule has 8 heteroatoms. The van der Waals surface area contributed by atoms with Crippen LogP contribution >= 0.6 is 0 Å². The third-order valence-corrected chi connectivity index (χ3v) is 4.22. The minimum atomic E-state index is -0.686. The maximum absolute atomic E-state index is 12.6. The van der Waals surface area contributed by atoms with Gasteiger partial charge in [0.05, 0.1) is 17.4 Å². The van der Waals surface area contributed by atoms with Crippen molar-refractivity contribution >= 4 is 39.8 Å². The number of nitrogens with two attached hydrogens (primary N) is 1. The van der Waals surface area contributed by atoms with Crippen molar-refractivity contribution in [2.45, 2.75) is 12.5 Å². The lowest BCUT2D eigenvalue weighted by molar-refractivity contribution is -0.119. The number of nitrogens with one attached hydrogen (secondary N) is 2. The van der Waals surface area contributed by atoms with Gasteiger partial charge in [0.2, 0.25) is 5.91 Å². The minimum absolute atomic E-state index is 0.157. The lowest BCUT2D eigenvalue weighted by Gasteiger charge is -2.20. The molecule has 130 valence electrons. The van der Waals surface area contributed by atoms with E-state index in [0.717, 1.165) is 10.9 Å². The molecule has 2 aromatic carbocycles. The van der Waals surface area contributed by atoms with E-state index in [1.165, 1.54) is 5.01 Å². The highest BCUT2D eigenvalue weighted by molar-refractivity contribution is 6.44. The van der Waals surface area contributed by atoms with Gasteiger partial charge >= 0.3 is 0 Å². The molecule has 0 bridgehead atoms. The van der Waals surface area contributed by atoms with Crippen LogP contribution in [-0.4, -0.2) is 33.8 Å². The SMILES string of the molecule is NC(=O)C1CC(C(=O)Nc2ccc3[nH]ncc3c2)=NN1c1ccccc1. The molecule has 2 amide bonds. The number of aromatic amines is 1. The second kappa shape index (κ2) is 6.32. The van der Waals surface area contributed by atoms with Crippen molar-refractivity contribution in [2.24, 2.45) is 10.8 Å². The Morgan fingerprint density at radius 3 is 2.77 bits per heavy atom. The van der Waals surface area contributed by atoms with Gasteiger partial charge in [-0.15, -0.1) is 0 Å². The molecular formula is C18H16N6O2. The Bertz CT molecular complexity index is 1010. The van der Waals surface area contributed by atoms with Crippen LogP contribution in [0.5, 0.6) is 0 Å². The number of aromatic nitrogens is 2. The van der Waals surface area contributed by atoms with Gasteiger partial charge in [0, 0.05) is 17.5 Å². The van der Waals surface area contributed by atoms with E-state index in [1.807, 2.05) is 42.5 Å². The summed E-state index contributed by atoms with van der Waals surface area (Å²) in [6.45, 7) is 0. The number of H-pyrrole nitrogens is 1. The van der Waals surface area contributed by atoms with Crippen LogP contribution in [0.3, 0.4) is 0 Å². The second-order valence-corrected chi connectivity index (χ2v) is 5.98. The van der Waals surface area contributed by atoms with Crippen LogP contribution in [0.2, 0.25) is 0 Å². The van der Waals surface area contributed by atoms with Gasteiger partial charge in [0.25, 0.3) is 5.91 Å². The number of fused-ring (bicyclic) bond motifs is 1. The molecule has 1 aromatic heterocycles. The smallest absolute Gasteiger partial charge is 0.271 e. The van der Waals surface area contributed by atoms with Crippen molar-refractivity contribution in [2.75, 3.05) is 10.3 Å². The predicted molar refractivity (Wildman–Crippen MR) is 98.7 cm³/mol. The average Bonchev–Trinajstić information content (AvgIpc) is 3.29. The summed E-state index contributed by atoms with van der Waals surface area (Å²) >= 11 is 0. The number of nitrogens with zero attached hydrogens (tertiary/aromatic N) is 3. The monoisotopic (exact) mass is 348 g/mol. The van der Waals surface area contributed by atoms with E-state index in [-0.39, 0.29) is 18.0 Å². The summed E-state index contributed by atoms with van der Waals surface area (Å²) in [5, 5.41) is 16.3. The van der Waals surface area contributed by atoms with Crippen molar-refractivity contribution in [3.63, 3.8) is 0 Å². The number of carbonyl (C=O) groups excluding carboxylic acids is 2. The highest BCUT2D eigenvalue weighted by Gasteiger charge is 2.34. The first kappa shape index (κ1) is 15.8. The number of carbonyl (C=O) groups is 2. The molecule has 0 spiro atoms. The molecule has 0 aliphatic carbocycles. The van der Waals surface area contributed by atoms with Crippen molar-refractivity contribution in [3.05, 3.63) is 54.7 Å². The van der Waals surface area contributed by atoms with Crippen molar-refractivity contribution in [3.8, 4) is 0 Å². The lowest BCUT2D eigenvalue weighted by Crippen LogP contribution is -2.39. The van der Waals surface area contributed by atoms with Crippen LogP contribution in [0.25, 0.3) is 10.9 Å². The van der Waals surface area contributed by atoms with Crippen LogP contribution in [0.1, 0.15) is 6.42 Å². The average molecular weight is 348 g/mol. The quantitative estimate of drug-likeness (QED) is 0.664. The number of primary amides is 1. The summed E-state index contributed by atoms with van der Waals surface area (Å²) in [5.74, 6) is -0.891. The first-order valence-electron chi connectivity index (χ1n) is 8.07. The Morgan fingerprint density at radius 1 is 1.19 bits per heavy atom. The highest BCUT2D eigenvalue weighted by atomic mass is 16.2. The molecule has 1 aliphatic heterocycles. The van der Waals surface area contributed by atoms with E-state index < -0.39 is 11.9 Å². The predicted octanol–water partition coefficient (Wildman–Crippen LogP) is 1.62. The first-order valence-corrected chi connectivity index (χ1v) is 8.07. The second-order valence-electron chi connectivity index (χ2n) is 5.98. The summed E-state index contributed by atoms with van der Waals surface area (Å²) in [6.07, 6.45) is 1.84. The number of para-hydroxylation sites is 1. The van der Waals surface area contributed by atoms with Gasteiger partial charge in [0.15, 0.2) is 0 Å². The molecule has 26 heavy (non-hydrogen) atoms. The number of rotatable bonds is 4. The van der Waals surface area contributed by atoms with Crippen LogP contribution in [0, 0.1) is 0 Å². The van der Waals surface area contributed by atoms with Crippen molar-refractivity contribution < 1.29 is 9.59 Å². The molecule has 4 N–H and O–H groups in total. The zero-order valence-electron chi connectivity index (χ0n) is 13.7. The molecular weight excluding hydrogens is 332 g/mol. The summed E-state index contributed by atoms with van der Waals surface area (Å²) in [7, 11) is 0. The lowest BCUT2D eigenvalue weighted by atomic mass is 10.1. The normalized spacial score (nSPS) is 16.5. The zero-order chi connectivity index (χ0) is 18.1. The standard InChI is InChI=1S/C18H16N6O2/c19-17(25)16-9-15(23-24(16)13-4-2-1-3-5-13)18(26)21-12-6-7-14-11(8-12)10-20-22-14/h1-8,10,16H,9H2,(H2,19,25)(H,20,22)(H,21,26). The molecule has 8 nitrogen and oxygen atoms in total. The fraction of sp³-hybridized carbons (Fsp3) is 0.111. The summed E-state index contributed by atoms with van der Waals surface area (Å²) < 4.78 is 0. The molecule has 0 radical (unpaired) electrons. The summed E-state index contributed by atoms with van der Waals surface area (Å²) in [4.78, 5) is 24.4. The van der Waals surface area contributed by atoms with E-state index in [0.29, 0.717) is 11.4 Å². The fourth-order valence-electron chi connectivity index (χ4n) is 2.91. The zero-order valence-corrected chi connectivity index (χ0v) is 13.7. The number of amides is 2. The molecule has 0 fully saturated rings. The largest absolute Gasteiger partial charge is 0.368 e. The van der Waals surface area contributed by atoms with E-state index in [4.69, 9.17) is 5.73 Å². The first-order chi connectivity index (χ1) is 12.6. The minimum Gasteiger partial charge on any atom is -0.368 e. The van der Waals surface area contributed by atoms with Gasteiger partial charge in [-0.05, 0) is 30.3 Å². The molecule has 2 heterocycles. The van der Waals surface area contributed by atoms with E-state index in [9.17, 15) is 9.59 Å². The molecule has 3 aromatic rings. The third-order valence-electron chi connectivity index (χ3n) is 4.22. The van der Waals surface area contributed by atoms with E-state index >= 15 is 0 Å². The van der Waals surface area contributed by atoms with E-state index in [2.05, 4.69) is 20.6 Å². The van der Waals surface area contributed by atoms with Crippen LogP contribution in [0.4, 0.5) is 11.4 Å². The van der Waals surface area contributed by atoms with E-state index in [1.54, 1.807) is 12.3 Å². The number of hydrogen-bond acceptors (Lipinski definition) is 5. The molecule has 1 unspecified atom stereocenters. The van der Waals surface area contributed by atoms with Crippen LogP contribution in [0.15, 0.2) is 59.8 Å². The topological polar surface area (TPSA) is 116 Å². The summed E-state index contributed by atoms with van der Waals surface area (Å²) in [6, 6.07) is 13.9. The highest BCUT2D eigenvalue weighted by Crippen LogP contribution is 2.25. The van der Waals surface area contributed by atoms with Gasteiger partial charge in [-0.25, -0.2) is 0 Å². The number of hydrogen-bond donors (Lipinski definition) is 3. The van der Waals surface area contributed by atoms with Gasteiger partial charge in [-0.1, -0.05) is 18.2 Å². The summed E-state index contributed by atoms with van der Waals surface area (Å²) in [5.41, 5.74) is 7.96. The Balaban J connectivity index is 1.57. The molecule has 0 saturated carbocycles.